The van der Waals surface area contributed by atoms with Crippen molar-refractivity contribution in [1.82, 2.24) is 4.90 Å². The molecule has 0 bridgehead atoms. The van der Waals surface area contributed by atoms with Gasteiger partial charge >= 0.3 is 12.1 Å². The Morgan fingerprint density at radius 3 is 2.45 bits per heavy atom. The molecule has 1 aliphatic rings. The summed E-state index contributed by atoms with van der Waals surface area (Å²) >= 11 is 0. The second-order valence-electron chi connectivity index (χ2n) is 8.36. The van der Waals surface area contributed by atoms with Gasteiger partial charge in [0.15, 0.2) is 0 Å². The molecule has 4 atom stereocenters. The molecule has 0 saturated carbocycles. The second kappa shape index (κ2) is 13.2. The highest BCUT2D eigenvalue weighted by Crippen LogP contribution is 2.29. The first-order chi connectivity index (χ1) is 15.8. The van der Waals surface area contributed by atoms with Crippen molar-refractivity contribution in [2.75, 3.05) is 27.6 Å². The van der Waals surface area contributed by atoms with Crippen LogP contribution in [0.5, 0.6) is 5.75 Å². The van der Waals surface area contributed by atoms with Gasteiger partial charge in [-0.25, -0.2) is 9.59 Å². The molecule has 0 unspecified atom stereocenters. The molecule has 1 aliphatic heterocycles. The summed E-state index contributed by atoms with van der Waals surface area (Å²) in [7, 11) is 2.99. The predicted molar refractivity (Wildman–Crippen MR) is 120 cm³/mol. The van der Waals surface area contributed by atoms with Crippen molar-refractivity contribution < 1.29 is 38.4 Å². The van der Waals surface area contributed by atoms with Gasteiger partial charge in [0.2, 0.25) is 0 Å². The number of benzene rings is 1. The maximum Gasteiger partial charge on any atom is 0.409 e. The van der Waals surface area contributed by atoms with E-state index < -0.39 is 30.3 Å². The third-order valence-corrected chi connectivity index (χ3v) is 5.87. The number of hydrogen-bond donors (Lipinski definition) is 1. The quantitative estimate of drug-likeness (QED) is 0.414. The van der Waals surface area contributed by atoms with Gasteiger partial charge in [-0.15, -0.1) is 0 Å². The Labute approximate surface area is 194 Å². The molecule has 1 heterocycles. The topological polar surface area (TPSA) is 112 Å². The Balaban J connectivity index is 2.26. The molecule has 0 spiro atoms. The molecule has 1 saturated heterocycles. The Bertz CT molecular complexity index is 781. The maximum atomic E-state index is 12.9. The molecule has 9 heteroatoms. The van der Waals surface area contributed by atoms with Gasteiger partial charge in [0.25, 0.3) is 0 Å². The zero-order chi connectivity index (χ0) is 24.4. The fraction of sp³-hybridized carbons (Fsp3) is 0.625. The van der Waals surface area contributed by atoms with Crippen LogP contribution in [-0.4, -0.2) is 73.7 Å². The van der Waals surface area contributed by atoms with Crippen molar-refractivity contribution in [3.63, 3.8) is 0 Å². The van der Waals surface area contributed by atoms with Crippen molar-refractivity contribution in [3.8, 4) is 5.75 Å². The van der Waals surface area contributed by atoms with E-state index in [-0.39, 0.29) is 31.5 Å². The number of carboxylic acid groups (broad SMARTS) is 1. The van der Waals surface area contributed by atoms with E-state index in [0.717, 1.165) is 16.2 Å². The maximum absolute atomic E-state index is 12.9. The number of hydrogen-bond acceptors (Lipinski definition) is 7. The number of ether oxygens (including phenoxy) is 4. The lowest BCUT2D eigenvalue weighted by molar-refractivity contribution is -0.165. The third kappa shape index (κ3) is 8.01. The molecule has 33 heavy (non-hydrogen) atoms. The molecule has 9 nitrogen and oxygen atoms in total. The van der Waals surface area contributed by atoms with Gasteiger partial charge in [-0.1, -0.05) is 18.6 Å². The Kier molecular flexibility index (Phi) is 10.6. The summed E-state index contributed by atoms with van der Waals surface area (Å²) in [6.45, 7) is 3.26. The molecular formula is C24H35NO8. The van der Waals surface area contributed by atoms with E-state index in [1.54, 1.807) is 14.0 Å². The summed E-state index contributed by atoms with van der Waals surface area (Å²) in [5.74, 6) is 0.172. The summed E-state index contributed by atoms with van der Waals surface area (Å²) in [5.41, 5.74) is 1.09. The van der Waals surface area contributed by atoms with E-state index in [2.05, 4.69) is 0 Å². The van der Waals surface area contributed by atoms with Crippen molar-refractivity contribution in [2.45, 2.75) is 64.2 Å². The zero-order valence-electron chi connectivity index (χ0n) is 19.8. The minimum Gasteiger partial charge on any atom is -0.497 e. The van der Waals surface area contributed by atoms with Crippen LogP contribution in [0, 0.1) is 5.92 Å². The number of nitrogens with zero attached hydrogens (tertiary/aromatic N) is 1. The van der Waals surface area contributed by atoms with Crippen LogP contribution in [0.2, 0.25) is 0 Å². The van der Waals surface area contributed by atoms with Gasteiger partial charge in [-0.05, 0) is 56.7 Å². The highest BCUT2D eigenvalue weighted by molar-refractivity contribution is 5.81. The van der Waals surface area contributed by atoms with Gasteiger partial charge in [0.1, 0.15) is 30.4 Å². The van der Waals surface area contributed by atoms with Crippen LogP contribution < -0.4 is 4.74 Å². The van der Waals surface area contributed by atoms with Crippen LogP contribution in [-0.2, 0) is 30.2 Å². The SMILES string of the molecule is COCN(C(=O)O)[C@H]1CCC[C@H](Cc2ccc(OC)cc2)[C@@H](OCCC(C)=O)[C@H](C)OC1=O. The molecular weight excluding hydrogens is 430 g/mol. The molecule has 184 valence electrons. The van der Waals surface area contributed by atoms with Crippen molar-refractivity contribution in [3.05, 3.63) is 29.8 Å². The number of carbonyl (C=O) groups is 3. The first-order valence-corrected chi connectivity index (χ1v) is 11.2. The monoisotopic (exact) mass is 465 g/mol. The fourth-order valence-electron chi connectivity index (χ4n) is 4.16. The highest BCUT2D eigenvalue weighted by Gasteiger charge is 2.37. The molecule has 1 amide bonds. The van der Waals surface area contributed by atoms with Gasteiger partial charge in [-0.3, -0.25) is 9.69 Å². The van der Waals surface area contributed by atoms with E-state index >= 15 is 0 Å². The average molecular weight is 466 g/mol. The van der Waals surface area contributed by atoms with Crippen molar-refractivity contribution in [1.29, 1.82) is 0 Å². The molecule has 1 aromatic carbocycles. The first kappa shape index (κ1) is 26.6. The number of esters is 1. The number of cyclic esters (lactones) is 1. The number of ketones is 1. The standard InChI is InChI=1S/C24H35NO8/c1-16(26)12-13-32-22-17(2)33-23(27)21(25(15-30-3)24(28)29)7-5-6-19(22)14-18-8-10-20(31-4)11-9-18/h8-11,17,19,21-22H,5-7,12-15H2,1-4H3,(H,28,29)/t17-,19+,21-,22-/m0/s1. The van der Waals surface area contributed by atoms with Gasteiger partial charge in [0, 0.05) is 13.5 Å². The highest BCUT2D eigenvalue weighted by atomic mass is 16.6. The normalized spacial score (nSPS) is 23.6. The summed E-state index contributed by atoms with van der Waals surface area (Å²) < 4.78 is 22.0. The second-order valence-corrected chi connectivity index (χ2v) is 8.36. The summed E-state index contributed by atoms with van der Waals surface area (Å²) in [6.07, 6.45) is 0.288. The van der Waals surface area contributed by atoms with E-state index in [1.807, 2.05) is 24.3 Å². The largest absolute Gasteiger partial charge is 0.497 e. The molecule has 1 fully saturated rings. The molecule has 0 aromatic heterocycles. The van der Waals surface area contributed by atoms with E-state index in [0.29, 0.717) is 25.7 Å². The minimum absolute atomic E-state index is 0.00704. The van der Waals surface area contributed by atoms with E-state index in [9.17, 15) is 19.5 Å². The molecule has 1 N–H and O–H groups in total. The Hall–Kier alpha value is -2.65. The van der Waals surface area contributed by atoms with Gasteiger partial charge in [0.05, 0.1) is 19.8 Å². The lowest BCUT2D eigenvalue weighted by Gasteiger charge is -2.32. The molecule has 0 aliphatic carbocycles. The summed E-state index contributed by atoms with van der Waals surface area (Å²) in [4.78, 5) is 37.0. The smallest absolute Gasteiger partial charge is 0.409 e. The Morgan fingerprint density at radius 2 is 1.88 bits per heavy atom. The minimum atomic E-state index is -1.24. The van der Waals surface area contributed by atoms with Crippen molar-refractivity contribution in [2.24, 2.45) is 5.92 Å². The first-order valence-electron chi connectivity index (χ1n) is 11.2. The molecule has 2 rings (SSSR count). The van der Waals surface area contributed by atoms with E-state index in [4.69, 9.17) is 18.9 Å². The number of Topliss-reactive ketones (excluding diaryl/α,β-unsaturated/α-hetero) is 1. The average Bonchev–Trinajstić information content (AvgIpc) is 2.82. The van der Waals surface area contributed by atoms with Gasteiger partial charge < -0.3 is 24.1 Å². The van der Waals surface area contributed by atoms with Crippen molar-refractivity contribution >= 4 is 17.8 Å². The number of carbonyl (C=O) groups excluding carboxylic acids is 2. The number of methoxy groups -OCH3 is 2. The lowest BCUT2D eigenvalue weighted by Crippen LogP contribution is -2.47. The Morgan fingerprint density at radius 1 is 1.18 bits per heavy atom. The van der Waals surface area contributed by atoms with Crippen LogP contribution in [0.25, 0.3) is 0 Å². The third-order valence-electron chi connectivity index (χ3n) is 5.87. The van der Waals surface area contributed by atoms with Crippen LogP contribution in [0.1, 0.15) is 45.1 Å². The van der Waals surface area contributed by atoms with Crippen LogP contribution in [0.15, 0.2) is 24.3 Å². The number of rotatable bonds is 10. The van der Waals surface area contributed by atoms with Gasteiger partial charge in [-0.2, -0.15) is 0 Å². The zero-order valence-corrected chi connectivity index (χ0v) is 19.8. The predicted octanol–water partition coefficient (Wildman–Crippen LogP) is 3.29. The lowest BCUT2D eigenvalue weighted by atomic mass is 9.86. The number of amides is 1. The fourth-order valence-corrected chi connectivity index (χ4v) is 4.16. The van der Waals surface area contributed by atoms with Crippen LogP contribution in [0.4, 0.5) is 4.79 Å². The molecule has 0 radical (unpaired) electrons. The molecule has 1 aromatic rings. The summed E-state index contributed by atoms with van der Waals surface area (Å²) in [6, 6.07) is 6.81. The summed E-state index contributed by atoms with van der Waals surface area (Å²) in [5, 5.41) is 9.55. The van der Waals surface area contributed by atoms with Crippen LogP contribution in [0.3, 0.4) is 0 Å². The van der Waals surface area contributed by atoms with E-state index in [1.165, 1.54) is 14.0 Å². The van der Waals surface area contributed by atoms with Crippen LogP contribution >= 0.6 is 0 Å².